The largest absolute Gasteiger partial charge is 0.383 e. The number of likely N-dealkylation sites (tertiary alicyclic amines) is 1. The lowest BCUT2D eigenvalue weighted by molar-refractivity contribution is -0.384. The van der Waals surface area contributed by atoms with Gasteiger partial charge < -0.3 is 15.5 Å². The number of benzene rings is 2. The highest BCUT2D eigenvalue weighted by Gasteiger charge is 2.36. The van der Waals surface area contributed by atoms with E-state index in [4.69, 9.17) is 0 Å². The Morgan fingerprint density at radius 3 is 2.52 bits per heavy atom. The topological polar surface area (TPSA) is 105 Å². The minimum atomic E-state index is -0.450. The molecule has 1 fully saturated rings. The number of non-ortho nitro benzene ring substituents is 1. The summed E-state index contributed by atoms with van der Waals surface area (Å²) in [6.07, 6.45) is 0.221. The van der Waals surface area contributed by atoms with Gasteiger partial charge >= 0.3 is 0 Å². The van der Waals surface area contributed by atoms with E-state index >= 15 is 0 Å². The molecule has 0 saturated carbocycles. The molecule has 8 nitrogen and oxygen atoms in total. The van der Waals surface area contributed by atoms with Gasteiger partial charge in [0.15, 0.2) is 0 Å². The molecule has 0 bridgehead atoms. The highest BCUT2D eigenvalue weighted by Crippen LogP contribution is 2.28. The molecule has 2 aromatic carbocycles. The van der Waals surface area contributed by atoms with Crippen molar-refractivity contribution >= 4 is 23.2 Å². The van der Waals surface area contributed by atoms with Crippen molar-refractivity contribution in [2.45, 2.75) is 19.4 Å². The first-order valence-electron chi connectivity index (χ1n) is 9.56. The van der Waals surface area contributed by atoms with E-state index in [-0.39, 0.29) is 35.9 Å². The average molecular weight is 396 g/mol. The summed E-state index contributed by atoms with van der Waals surface area (Å²) in [6, 6.07) is 15.8. The summed E-state index contributed by atoms with van der Waals surface area (Å²) in [5, 5.41) is 16.6. The molecule has 0 aromatic heterocycles. The number of nitro benzene ring substituents is 1. The van der Waals surface area contributed by atoms with E-state index in [0.717, 1.165) is 11.3 Å². The fourth-order valence-electron chi connectivity index (χ4n) is 3.43. The number of rotatable bonds is 8. The maximum atomic E-state index is 12.4. The van der Waals surface area contributed by atoms with Crippen LogP contribution in [0.3, 0.4) is 0 Å². The van der Waals surface area contributed by atoms with Gasteiger partial charge in [-0.15, -0.1) is 0 Å². The van der Waals surface area contributed by atoms with E-state index in [9.17, 15) is 19.7 Å². The van der Waals surface area contributed by atoms with Crippen LogP contribution < -0.4 is 10.6 Å². The molecule has 8 heteroatoms. The SMILES string of the molecule is C[C@@H](c1ccccc1)N1C[C@@H](C(=O)NCCNc2ccc([N+](=O)[O-])cc2)CC1=O. The predicted molar refractivity (Wildman–Crippen MR) is 109 cm³/mol. The first kappa shape index (κ1) is 20.3. The molecule has 0 aliphatic carbocycles. The fraction of sp³-hybridized carbons (Fsp3) is 0.333. The van der Waals surface area contributed by atoms with Crippen LogP contribution >= 0.6 is 0 Å². The van der Waals surface area contributed by atoms with Gasteiger partial charge in [-0.2, -0.15) is 0 Å². The van der Waals surface area contributed by atoms with Gasteiger partial charge in [-0.25, -0.2) is 0 Å². The van der Waals surface area contributed by atoms with Gasteiger partial charge in [-0.1, -0.05) is 30.3 Å². The van der Waals surface area contributed by atoms with Crippen LogP contribution in [0.2, 0.25) is 0 Å². The number of nitrogens with one attached hydrogen (secondary N) is 2. The zero-order valence-electron chi connectivity index (χ0n) is 16.2. The minimum absolute atomic E-state index is 0.00879. The molecule has 29 heavy (non-hydrogen) atoms. The molecule has 1 saturated heterocycles. The van der Waals surface area contributed by atoms with E-state index in [2.05, 4.69) is 10.6 Å². The molecule has 2 N–H and O–H groups in total. The van der Waals surface area contributed by atoms with Crippen molar-refractivity contribution < 1.29 is 14.5 Å². The molecule has 2 atom stereocenters. The lowest BCUT2D eigenvalue weighted by Crippen LogP contribution is -2.36. The Labute approximate surface area is 169 Å². The van der Waals surface area contributed by atoms with Gasteiger partial charge in [0.25, 0.3) is 5.69 Å². The first-order valence-corrected chi connectivity index (χ1v) is 9.56. The van der Waals surface area contributed by atoms with Crippen molar-refractivity contribution in [3.63, 3.8) is 0 Å². The molecule has 0 unspecified atom stereocenters. The molecule has 2 aromatic rings. The zero-order chi connectivity index (χ0) is 20.8. The Kier molecular flexibility index (Phi) is 6.43. The van der Waals surface area contributed by atoms with E-state index in [0.29, 0.717) is 19.6 Å². The van der Waals surface area contributed by atoms with Crippen molar-refractivity contribution in [1.29, 1.82) is 0 Å². The lowest BCUT2D eigenvalue weighted by atomic mass is 10.1. The summed E-state index contributed by atoms with van der Waals surface area (Å²) in [5.74, 6) is -0.495. The number of nitrogens with zero attached hydrogens (tertiary/aromatic N) is 2. The van der Waals surface area contributed by atoms with E-state index in [1.807, 2.05) is 37.3 Å². The summed E-state index contributed by atoms with van der Waals surface area (Å²) >= 11 is 0. The quantitative estimate of drug-likeness (QED) is 0.406. The molecule has 1 aliphatic rings. The van der Waals surface area contributed by atoms with Crippen LogP contribution in [-0.4, -0.2) is 41.3 Å². The summed E-state index contributed by atoms with van der Waals surface area (Å²) in [7, 11) is 0. The van der Waals surface area contributed by atoms with E-state index in [1.165, 1.54) is 12.1 Å². The second kappa shape index (κ2) is 9.18. The number of hydrogen-bond acceptors (Lipinski definition) is 5. The van der Waals surface area contributed by atoms with Crippen LogP contribution in [0.1, 0.15) is 24.9 Å². The monoisotopic (exact) mass is 396 g/mol. The Hall–Kier alpha value is -3.42. The maximum Gasteiger partial charge on any atom is 0.269 e. The average Bonchev–Trinajstić information content (AvgIpc) is 3.13. The number of carbonyl (C=O) groups excluding carboxylic acids is 2. The molecule has 1 heterocycles. The number of nitro groups is 1. The molecule has 0 radical (unpaired) electrons. The minimum Gasteiger partial charge on any atom is -0.383 e. The van der Waals surface area contributed by atoms with Gasteiger partial charge in [0.2, 0.25) is 11.8 Å². The van der Waals surface area contributed by atoms with Crippen molar-refractivity contribution in [2.75, 3.05) is 25.0 Å². The standard InChI is InChI=1S/C21H24N4O4/c1-15(16-5-3-2-4-6-16)24-14-17(13-20(24)26)21(27)23-12-11-22-18-7-9-19(10-8-18)25(28)29/h2-10,15,17,22H,11-14H2,1H3,(H,23,27)/t15-,17-/m0/s1. The van der Waals surface area contributed by atoms with Gasteiger partial charge in [0.1, 0.15) is 0 Å². The summed E-state index contributed by atoms with van der Waals surface area (Å²) in [4.78, 5) is 36.8. The van der Waals surface area contributed by atoms with Gasteiger partial charge in [-0.3, -0.25) is 19.7 Å². The fourth-order valence-corrected chi connectivity index (χ4v) is 3.43. The van der Waals surface area contributed by atoms with Gasteiger partial charge in [-0.05, 0) is 24.6 Å². The van der Waals surface area contributed by atoms with Gasteiger partial charge in [0, 0.05) is 43.9 Å². The summed E-state index contributed by atoms with van der Waals surface area (Å²) < 4.78 is 0. The second-order valence-electron chi connectivity index (χ2n) is 7.06. The number of carbonyl (C=O) groups is 2. The van der Waals surface area contributed by atoms with Crippen molar-refractivity contribution in [2.24, 2.45) is 5.92 Å². The third-order valence-corrected chi connectivity index (χ3v) is 5.11. The van der Waals surface area contributed by atoms with Crippen LogP contribution in [0.4, 0.5) is 11.4 Å². The highest BCUT2D eigenvalue weighted by atomic mass is 16.6. The number of amides is 2. The second-order valence-corrected chi connectivity index (χ2v) is 7.06. The van der Waals surface area contributed by atoms with Crippen molar-refractivity contribution in [3.8, 4) is 0 Å². The molecule has 1 aliphatic heterocycles. The lowest BCUT2D eigenvalue weighted by Gasteiger charge is -2.25. The third kappa shape index (κ3) is 5.10. The van der Waals surface area contributed by atoms with Crippen LogP contribution in [0.15, 0.2) is 54.6 Å². The Balaban J connectivity index is 1.44. The van der Waals surface area contributed by atoms with Crippen LogP contribution in [0.5, 0.6) is 0 Å². The smallest absolute Gasteiger partial charge is 0.269 e. The third-order valence-electron chi connectivity index (χ3n) is 5.11. The first-order chi connectivity index (χ1) is 14.0. The molecular formula is C21H24N4O4. The Morgan fingerprint density at radius 1 is 1.17 bits per heavy atom. The molecule has 3 rings (SSSR count). The predicted octanol–water partition coefficient (Wildman–Crippen LogP) is 2.73. The van der Waals surface area contributed by atoms with Gasteiger partial charge in [0.05, 0.1) is 16.9 Å². The zero-order valence-corrected chi connectivity index (χ0v) is 16.2. The van der Waals surface area contributed by atoms with Crippen molar-refractivity contribution in [3.05, 3.63) is 70.3 Å². The molecule has 2 amide bonds. The van der Waals surface area contributed by atoms with E-state index < -0.39 is 4.92 Å². The van der Waals surface area contributed by atoms with Crippen LogP contribution in [-0.2, 0) is 9.59 Å². The summed E-state index contributed by atoms with van der Waals surface area (Å²) in [5.41, 5.74) is 1.82. The number of hydrogen-bond donors (Lipinski definition) is 2. The van der Waals surface area contributed by atoms with Crippen LogP contribution in [0.25, 0.3) is 0 Å². The maximum absolute atomic E-state index is 12.4. The highest BCUT2D eigenvalue weighted by molar-refractivity contribution is 5.89. The number of anilines is 1. The van der Waals surface area contributed by atoms with Crippen LogP contribution in [0, 0.1) is 16.0 Å². The summed E-state index contributed by atoms with van der Waals surface area (Å²) in [6.45, 7) is 3.27. The van der Waals surface area contributed by atoms with Crippen molar-refractivity contribution in [1.82, 2.24) is 10.2 Å². The molecular weight excluding hydrogens is 372 g/mol. The van der Waals surface area contributed by atoms with E-state index in [1.54, 1.807) is 17.0 Å². The molecule has 152 valence electrons. The normalized spacial score (nSPS) is 17.1. The Bertz CT molecular complexity index is 870. The molecule has 0 spiro atoms. The Morgan fingerprint density at radius 2 is 1.86 bits per heavy atom.